The van der Waals surface area contributed by atoms with Crippen LogP contribution in [-0.4, -0.2) is 54.6 Å². The molecule has 4 rings (SSSR count). The van der Waals surface area contributed by atoms with Crippen LogP contribution in [0.5, 0.6) is 0 Å². The van der Waals surface area contributed by atoms with Gasteiger partial charge in [0.05, 0.1) is 23.5 Å². The standard InChI is InChI=1S/C24H29F3N8O/c1-5-16-13-35(19-11-21(36)32(4)20-14-33(10-8-28)31-22(19)20)17(6-2)12-34(16)15(3)18-7-9-29-30-23(18)24(25,26)27/h7,9,11,14-17H,5-6,10,12-13H2,1-4H3/t15?,16-,17+/m1/s1. The summed E-state index contributed by atoms with van der Waals surface area (Å²) in [6.07, 6.45) is -0.188. The summed E-state index contributed by atoms with van der Waals surface area (Å²) in [6, 6.07) is 4.36. The van der Waals surface area contributed by atoms with E-state index in [1.54, 1.807) is 26.2 Å². The van der Waals surface area contributed by atoms with Gasteiger partial charge in [0.15, 0.2) is 5.69 Å². The predicted octanol–water partition coefficient (Wildman–Crippen LogP) is 3.51. The van der Waals surface area contributed by atoms with Crippen LogP contribution in [0, 0.1) is 11.3 Å². The van der Waals surface area contributed by atoms with Crippen LogP contribution in [0.1, 0.15) is 50.9 Å². The van der Waals surface area contributed by atoms with E-state index >= 15 is 0 Å². The SMILES string of the molecule is CC[C@H]1CN(C(C)c2ccnnc2C(F)(F)F)[C@H](CC)CN1c1cc(=O)n(C)c2cn(CC#N)nc12. The van der Waals surface area contributed by atoms with E-state index in [-0.39, 0.29) is 29.8 Å². The molecule has 1 aliphatic heterocycles. The molecule has 1 saturated heterocycles. The average molecular weight is 503 g/mol. The van der Waals surface area contributed by atoms with Gasteiger partial charge in [-0.1, -0.05) is 13.8 Å². The Balaban J connectivity index is 1.74. The van der Waals surface area contributed by atoms with Crippen molar-refractivity contribution in [1.29, 1.82) is 5.26 Å². The third-order valence-electron chi connectivity index (χ3n) is 7.13. The molecule has 0 spiro atoms. The summed E-state index contributed by atoms with van der Waals surface area (Å²) in [4.78, 5) is 17.1. The third-order valence-corrected chi connectivity index (χ3v) is 7.13. The average Bonchev–Trinajstić information content (AvgIpc) is 3.29. The van der Waals surface area contributed by atoms with Crippen molar-refractivity contribution in [3.8, 4) is 6.07 Å². The van der Waals surface area contributed by atoms with Crippen molar-refractivity contribution < 1.29 is 13.2 Å². The molecule has 1 aliphatic rings. The van der Waals surface area contributed by atoms with Crippen LogP contribution < -0.4 is 10.5 Å². The van der Waals surface area contributed by atoms with Crippen molar-refractivity contribution in [1.82, 2.24) is 29.4 Å². The summed E-state index contributed by atoms with van der Waals surface area (Å²) in [6.45, 7) is 6.89. The summed E-state index contributed by atoms with van der Waals surface area (Å²) >= 11 is 0. The molecular formula is C24H29F3N8O. The lowest BCUT2D eigenvalue weighted by Crippen LogP contribution is -2.59. The van der Waals surface area contributed by atoms with Crippen molar-refractivity contribution in [3.63, 3.8) is 0 Å². The zero-order valence-corrected chi connectivity index (χ0v) is 20.7. The Bertz CT molecular complexity index is 1340. The zero-order chi connectivity index (χ0) is 26.2. The topological polar surface area (TPSA) is 95.9 Å². The van der Waals surface area contributed by atoms with Gasteiger partial charge < -0.3 is 9.47 Å². The number of alkyl halides is 3. The minimum absolute atomic E-state index is 0.0594. The van der Waals surface area contributed by atoms with E-state index < -0.39 is 17.9 Å². The lowest BCUT2D eigenvalue weighted by atomic mass is 9.96. The van der Waals surface area contributed by atoms with Crippen molar-refractivity contribution in [3.05, 3.63) is 46.1 Å². The number of hydrogen-bond donors (Lipinski definition) is 0. The fourth-order valence-electron chi connectivity index (χ4n) is 5.14. The minimum Gasteiger partial charge on any atom is -0.364 e. The van der Waals surface area contributed by atoms with Crippen LogP contribution in [0.15, 0.2) is 29.3 Å². The number of fused-ring (bicyclic) bond motifs is 1. The summed E-state index contributed by atoms with van der Waals surface area (Å²) in [5.41, 5.74) is 0.892. The van der Waals surface area contributed by atoms with Gasteiger partial charge >= 0.3 is 6.18 Å². The highest BCUT2D eigenvalue weighted by Crippen LogP contribution is 2.38. The largest absolute Gasteiger partial charge is 0.435 e. The second-order valence-electron chi connectivity index (χ2n) is 9.13. The van der Waals surface area contributed by atoms with E-state index in [1.807, 2.05) is 13.8 Å². The van der Waals surface area contributed by atoms with Gasteiger partial charge in [0.1, 0.15) is 12.1 Å². The van der Waals surface area contributed by atoms with Gasteiger partial charge in [0, 0.05) is 56.1 Å². The number of aromatic nitrogens is 5. The van der Waals surface area contributed by atoms with Gasteiger partial charge in [-0.05, 0) is 25.8 Å². The molecule has 0 amide bonds. The maximum absolute atomic E-state index is 13.7. The number of nitriles is 1. The third kappa shape index (κ3) is 4.55. The van der Waals surface area contributed by atoms with Crippen molar-refractivity contribution in [2.24, 2.45) is 7.05 Å². The van der Waals surface area contributed by atoms with Crippen LogP contribution in [0.3, 0.4) is 0 Å². The van der Waals surface area contributed by atoms with Crippen LogP contribution in [0.2, 0.25) is 0 Å². The van der Waals surface area contributed by atoms with E-state index in [9.17, 15) is 18.0 Å². The van der Waals surface area contributed by atoms with Gasteiger partial charge in [-0.2, -0.15) is 28.6 Å². The van der Waals surface area contributed by atoms with Gasteiger partial charge in [0.2, 0.25) is 0 Å². The van der Waals surface area contributed by atoms with Crippen LogP contribution in [0.4, 0.5) is 18.9 Å². The summed E-state index contributed by atoms with van der Waals surface area (Å²) in [5, 5.41) is 20.6. The molecule has 0 radical (unpaired) electrons. The highest BCUT2D eigenvalue weighted by molar-refractivity contribution is 5.88. The molecule has 4 heterocycles. The Morgan fingerprint density at radius 2 is 1.94 bits per heavy atom. The van der Waals surface area contributed by atoms with E-state index in [2.05, 4.69) is 31.2 Å². The first-order valence-corrected chi connectivity index (χ1v) is 12.0. The summed E-state index contributed by atoms with van der Waals surface area (Å²) < 4.78 is 44.0. The normalized spacial score (nSPS) is 20.0. The fraction of sp³-hybridized carbons (Fsp3) is 0.542. The molecule has 0 N–H and O–H groups in total. The van der Waals surface area contributed by atoms with Crippen LogP contribution >= 0.6 is 0 Å². The summed E-state index contributed by atoms with van der Waals surface area (Å²) in [7, 11) is 1.67. The molecule has 12 heteroatoms. The Morgan fingerprint density at radius 1 is 1.22 bits per heavy atom. The van der Waals surface area contributed by atoms with Crippen molar-refractivity contribution in [2.45, 2.75) is 64.5 Å². The maximum Gasteiger partial charge on any atom is 0.435 e. The number of aryl methyl sites for hydroxylation is 1. The van der Waals surface area contributed by atoms with E-state index in [0.29, 0.717) is 36.2 Å². The Kier molecular flexibility index (Phi) is 7.04. The van der Waals surface area contributed by atoms with Crippen LogP contribution in [-0.2, 0) is 19.8 Å². The Morgan fingerprint density at radius 3 is 2.58 bits per heavy atom. The second-order valence-corrected chi connectivity index (χ2v) is 9.13. The number of piperazine rings is 1. The fourth-order valence-corrected chi connectivity index (χ4v) is 5.14. The number of hydrogen-bond acceptors (Lipinski definition) is 7. The van der Waals surface area contributed by atoms with Crippen molar-refractivity contribution >= 4 is 16.7 Å². The Labute approximate surface area is 206 Å². The lowest BCUT2D eigenvalue weighted by Gasteiger charge is -2.49. The van der Waals surface area contributed by atoms with Crippen molar-refractivity contribution in [2.75, 3.05) is 18.0 Å². The van der Waals surface area contributed by atoms with E-state index in [1.165, 1.54) is 21.5 Å². The highest BCUT2D eigenvalue weighted by Gasteiger charge is 2.41. The van der Waals surface area contributed by atoms with Gasteiger partial charge in [-0.25, -0.2) is 0 Å². The molecule has 3 aromatic rings. The number of pyridine rings is 1. The highest BCUT2D eigenvalue weighted by atomic mass is 19.4. The molecule has 0 bridgehead atoms. The molecular weight excluding hydrogens is 473 g/mol. The monoisotopic (exact) mass is 502 g/mol. The first kappa shape index (κ1) is 25.6. The van der Waals surface area contributed by atoms with E-state index in [0.717, 1.165) is 6.42 Å². The smallest absolute Gasteiger partial charge is 0.364 e. The first-order valence-electron chi connectivity index (χ1n) is 12.0. The first-order chi connectivity index (χ1) is 17.1. The number of halogens is 3. The maximum atomic E-state index is 13.7. The molecule has 9 nitrogen and oxygen atoms in total. The molecule has 0 aromatic carbocycles. The zero-order valence-electron chi connectivity index (χ0n) is 20.7. The lowest BCUT2D eigenvalue weighted by molar-refractivity contribution is -0.143. The molecule has 192 valence electrons. The quantitative estimate of drug-likeness (QED) is 0.509. The number of nitrogens with zero attached hydrogens (tertiary/aromatic N) is 8. The second kappa shape index (κ2) is 9.89. The molecule has 1 fully saturated rings. The Hall–Kier alpha value is -3.46. The van der Waals surface area contributed by atoms with Gasteiger partial charge in [-0.15, -0.1) is 5.10 Å². The number of anilines is 1. The number of rotatable bonds is 6. The van der Waals surface area contributed by atoms with Crippen LogP contribution in [0.25, 0.3) is 11.0 Å². The van der Waals surface area contributed by atoms with Gasteiger partial charge in [0.25, 0.3) is 5.56 Å². The minimum atomic E-state index is -4.59. The summed E-state index contributed by atoms with van der Waals surface area (Å²) in [5.74, 6) is 0. The molecule has 0 aliphatic carbocycles. The molecule has 3 aromatic heterocycles. The predicted molar refractivity (Wildman–Crippen MR) is 128 cm³/mol. The van der Waals surface area contributed by atoms with Gasteiger partial charge in [-0.3, -0.25) is 14.4 Å². The van der Waals surface area contributed by atoms with E-state index in [4.69, 9.17) is 5.26 Å². The molecule has 3 atom stereocenters. The molecule has 36 heavy (non-hydrogen) atoms. The molecule has 0 saturated carbocycles. The molecule has 1 unspecified atom stereocenters.